The molecule has 1 amide bonds. The zero-order valence-electron chi connectivity index (χ0n) is 11.7. The smallest absolute Gasteiger partial charge is 0.295 e. The van der Waals surface area contributed by atoms with Crippen molar-refractivity contribution in [1.29, 1.82) is 0 Å². The Morgan fingerprint density at radius 1 is 1.18 bits per heavy atom. The third-order valence-electron chi connectivity index (χ3n) is 3.33. The molecule has 0 aliphatic rings. The van der Waals surface area contributed by atoms with Crippen molar-refractivity contribution >= 4 is 34.1 Å². The number of para-hydroxylation sites is 1. The van der Waals surface area contributed by atoms with Crippen LogP contribution in [0.15, 0.2) is 52.7 Å². The van der Waals surface area contributed by atoms with Gasteiger partial charge in [-0.25, -0.2) is 0 Å². The lowest BCUT2D eigenvalue weighted by molar-refractivity contribution is 0.0995. The van der Waals surface area contributed by atoms with Crippen molar-refractivity contribution in [2.45, 2.75) is 6.92 Å². The number of aromatic hydroxyl groups is 1. The Morgan fingerprint density at radius 2 is 1.91 bits per heavy atom. The minimum atomic E-state index is -0.502. The first-order valence-electron chi connectivity index (χ1n) is 6.58. The van der Waals surface area contributed by atoms with Gasteiger partial charge >= 0.3 is 0 Å². The SMILES string of the molecule is Cc1cccc2c(N=NC(=O)c3ccc(Cl)cc3)c(O)[nH]c12. The first kappa shape index (κ1) is 14.3. The number of aromatic nitrogens is 1. The van der Waals surface area contributed by atoms with Gasteiger partial charge in [0, 0.05) is 16.0 Å². The van der Waals surface area contributed by atoms with Crippen LogP contribution in [-0.2, 0) is 0 Å². The number of fused-ring (bicyclic) bond motifs is 1. The molecule has 22 heavy (non-hydrogen) atoms. The molecule has 0 aliphatic carbocycles. The Balaban J connectivity index is 1.96. The van der Waals surface area contributed by atoms with Gasteiger partial charge in [-0.2, -0.15) is 0 Å². The van der Waals surface area contributed by atoms with Crippen LogP contribution in [0.4, 0.5) is 5.69 Å². The van der Waals surface area contributed by atoms with Crippen molar-refractivity contribution in [3.8, 4) is 5.88 Å². The van der Waals surface area contributed by atoms with Crippen LogP contribution in [-0.4, -0.2) is 16.0 Å². The molecule has 6 heteroatoms. The summed E-state index contributed by atoms with van der Waals surface area (Å²) in [6.45, 7) is 1.91. The lowest BCUT2D eigenvalue weighted by atomic mass is 10.1. The number of hydrogen-bond donors (Lipinski definition) is 2. The molecule has 0 saturated heterocycles. The normalized spacial score (nSPS) is 11.4. The monoisotopic (exact) mass is 313 g/mol. The van der Waals surface area contributed by atoms with Gasteiger partial charge in [0.05, 0.1) is 5.52 Å². The molecule has 110 valence electrons. The van der Waals surface area contributed by atoms with E-state index in [2.05, 4.69) is 15.2 Å². The third kappa shape index (κ3) is 2.58. The van der Waals surface area contributed by atoms with Gasteiger partial charge in [0.1, 0.15) is 0 Å². The van der Waals surface area contributed by atoms with Crippen molar-refractivity contribution in [3.63, 3.8) is 0 Å². The zero-order valence-corrected chi connectivity index (χ0v) is 12.4. The summed E-state index contributed by atoms with van der Waals surface area (Å²) in [5, 5.41) is 18.8. The van der Waals surface area contributed by atoms with Crippen LogP contribution >= 0.6 is 11.6 Å². The van der Waals surface area contributed by atoms with Gasteiger partial charge in [0.2, 0.25) is 5.88 Å². The quantitative estimate of drug-likeness (QED) is 0.669. The molecule has 0 bridgehead atoms. The molecule has 5 nitrogen and oxygen atoms in total. The molecule has 3 aromatic rings. The summed E-state index contributed by atoms with van der Waals surface area (Å²) in [6, 6.07) is 11.9. The van der Waals surface area contributed by atoms with Crippen molar-refractivity contribution < 1.29 is 9.90 Å². The van der Waals surface area contributed by atoms with E-state index in [4.69, 9.17) is 11.6 Å². The fourth-order valence-electron chi connectivity index (χ4n) is 2.18. The number of halogens is 1. The number of amides is 1. The standard InChI is InChI=1S/C16H12ClN3O2/c1-9-3-2-4-12-13(9)18-16(22)14(12)19-20-15(21)10-5-7-11(17)8-6-10/h2-8,18,22H,1H3. The molecular formula is C16H12ClN3O2. The number of aromatic amines is 1. The molecular weight excluding hydrogens is 302 g/mol. The number of rotatable bonds is 2. The van der Waals surface area contributed by atoms with Gasteiger partial charge in [-0.1, -0.05) is 29.8 Å². The predicted octanol–water partition coefficient (Wildman–Crippen LogP) is 4.76. The molecule has 0 fully saturated rings. The van der Waals surface area contributed by atoms with E-state index in [0.29, 0.717) is 16.0 Å². The molecule has 2 aromatic carbocycles. The zero-order chi connectivity index (χ0) is 15.7. The Bertz CT molecular complexity index is 882. The van der Waals surface area contributed by atoms with Crippen LogP contribution in [0.3, 0.4) is 0 Å². The maximum absolute atomic E-state index is 12.0. The summed E-state index contributed by atoms with van der Waals surface area (Å²) >= 11 is 5.77. The summed E-state index contributed by atoms with van der Waals surface area (Å²) in [7, 11) is 0. The van der Waals surface area contributed by atoms with Crippen LogP contribution in [0, 0.1) is 6.92 Å². The molecule has 0 saturated carbocycles. The van der Waals surface area contributed by atoms with Crippen LogP contribution < -0.4 is 0 Å². The first-order valence-corrected chi connectivity index (χ1v) is 6.96. The lowest BCUT2D eigenvalue weighted by Gasteiger charge is -1.95. The van der Waals surface area contributed by atoms with Gasteiger partial charge in [-0.3, -0.25) is 4.79 Å². The Kier molecular flexibility index (Phi) is 3.65. The molecule has 1 heterocycles. The van der Waals surface area contributed by atoms with Gasteiger partial charge in [-0.15, -0.1) is 10.2 Å². The maximum Gasteiger partial charge on any atom is 0.295 e. The van der Waals surface area contributed by atoms with E-state index in [1.807, 2.05) is 19.1 Å². The second-order valence-electron chi connectivity index (χ2n) is 4.83. The average molecular weight is 314 g/mol. The van der Waals surface area contributed by atoms with Crippen molar-refractivity contribution in [3.05, 3.63) is 58.6 Å². The van der Waals surface area contributed by atoms with Gasteiger partial charge in [0.15, 0.2) is 5.69 Å². The third-order valence-corrected chi connectivity index (χ3v) is 3.58. The van der Waals surface area contributed by atoms with Crippen LogP contribution in [0.5, 0.6) is 5.88 Å². The van der Waals surface area contributed by atoms with Crippen molar-refractivity contribution in [1.82, 2.24) is 4.98 Å². The van der Waals surface area contributed by atoms with Crippen LogP contribution in [0.25, 0.3) is 10.9 Å². The summed E-state index contributed by atoms with van der Waals surface area (Å²) < 4.78 is 0. The van der Waals surface area contributed by atoms with Gasteiger partial charge < -0.3 is 10.1 Å². The van der Waals surface area contributed by atoms with Crippen LogP contribution in [0.1, 0.15) is 15.9 Å². The highest BCUT2D eigenvalue weighted by Gasteiger charge is 2.12. The predicted molar refractivity (Wildman–Crippen MR) is 85.0 cm³/mol. The number of benzene rings is 2. The largest absolute Gasteiger partial charge is 0.493 e. The second-order valence-corrected chi connectivity index (χ2v) is 5.27. The van der Waals surface area contributed by atoms with E-state index in [0.717, 1.165) is 11.1 Å². The first-order chi connectivity index (χ1) is 10.6. The highest BCUT2D eigenvalue weighted by atomic mass is 35.5. The van der Waals surface area contributed by atoms with Crippen LogP contribution in [0.2, 0.25) is 5.02 Å². The highest BCUT2D eigenvalue weighted by Crippen LogP contribution is 2.36. The van der Waals surface area contributed by atoms with E-state index in [1.165, 1.54) is 0 Å². The summed E-state index contributed by atoms with van der Waals surface area (Å²) in [5.41, 5.74) is 2.37. The highest BCUT2D eigenvalue weighted by molar-refractivity contribution is 6.30. The summed E-state index contributed by atoms with van der Waals surface area (Å²) in [4.78, 5) is 14.8. The molecule has 0 spiro atoms. The Hall–Kier alpha value is -2.66. The molecule has 0 atom stereocenters. The lowest BCUT2D eigenvalue weighted by Crippen LogP contribution is -1.92. The summed E-state index contributed by atoms with van der Waals surface area (Å²) in [5.74, 6) is -0.616. The van der Waals surface area contributed by atoms with E-state index in [1.54, 1.807) is 30.3 Å². The van der Waals surface area contributed by atoms with Gasteiger partial charge in [0.25, 0.3) is 5.91 Å². The number of carbonyl (C=O) groups is 1. The number of H-pyrrole nitrogens is 1. The average Bonchev–Trinajstić information content (AvgIpc) is 2.83. The Labute approximate surface area is 131 Å². The van der Waals surface area contributed by atoms with E-state index in [9.17, 15) is 9.90 Å². The number of azo groups is 1. The number of nitrogens with zero attached hydrogens (tertiary/aromatic N) is 2. The number of carbonyl (C=O) groups excluding carboxylic acids is 1. The fraction of sp³-hybridized carbons (Fsp3) is 0.0625. The fourth-order valence-corrected chi connectivity index (χ4v) is 2.31. The molecule has 1 aromatic heterocycles. The second kappa shape index (κ2) is 5.61. The van der Waals surface area contributed by atoms with Crippen molar-refractivity contribution in [2.75, 3.05) is 0 Å². The number of nitrogens with one attached hydrogen (secondary N) is 1. The van der Waals surface area contributed by atoms with E-state index < -0.39 is 5.91 Å². The molecule has 0 unspecified atom stereocenters. The van der Waals surface area contributed by atoms with Crippen molar-refractivity contribution in [2.24, 2.45) is 10.2 Å². The number of hydrogen-bond acceptors (Lipinski definition) is 3. The maximum atomic E-state index is 12.0. The Morgan fingerprint density at radius 3 is 2.64 bits per heavy atom. The minimum Gasteiger partial charge on any atom is -0.493 e. The summed E-state index contributed by atoms with van der Waals surface area (Å²) in [6.07, 6.45) is 0. The minimum absolute atomic E-state index is 0.114. The molecule has 0 radical (unpaired) electrons. The molecule has 3 rings (SSSR count). The topological polar surface area (TPSA) is 77.8 Å². The van der Waals surface area contributed by atoms with E-state index >= 15 is 0 Å². The number of aryl methyl sites for hydroxylation is 1. The molecule has 0 aliphatic heterocycles. The molecule has 2 N–H and O–H groups in total. The van der Waals surface area contributed by atoms with E-state index in [-0.39, 0.29) is 11.6 Å². The van der Waals surface area contributed by atoms with Gasteiger partial charge in [-0.05, 0) is 36.8 Å².